The molecule has 2 N–H and O–H groups in total. The van der Waals surface area contributed by atoms with Crippen molar-refractivity contribution >= 4 is 17.6 Å². The molecule has 27 heavy (non-hydrogen) atoms. The molecule has 142 valence electrons. The molecule has 0 saturated carbocycles. The van der Waals surface area contributed by atoms with Crippen LogP contribution in [0, 0.1) is 25.2 Å². The molecule has 0 saturated heterocycles. The van der Waals surface area contributed by atoms with E-state index in [-0.39, 0.29) is 12.5 Å². The fraction of sp³-hybridized carbons (Fsp3) is 0.350. The number of nitrogens with one attached hydrogen (secondary N) is 2. The number of aryl methyl sites for hydroxylation is 1. The predicted octanol–water partition coefficient (Wildman–Crippen LogP) is 3.74. The molecule has 0 fully saturated rings. The second kappa shape index (κ2) is 9.43. The molecule has 0 radical (unpaired) electrons. The Kier molecular flexibility index (Phi) is 7.00. The number of hydrogen-bond donors (Lipinski definition) is 2. The fourth-order valence-corrected chi connectivity index (χ4v) is 2.68. The summed E-state index contributed by atoms with van der Waals surface area (Å²) >= 11 is 0. The number of unbranched alkanes of at least 4 members (excludes halogenated alkanes) is 1. The minimum Gasteiger partial charge on any atom is -0.493 e. The lowest BCUT2D eigenvalue weighted by Gasteiger charge is -2.09. The van der Waals surface area contributed by atoms with E-state index in [0.717, 1.165) is 0 Å². The second-order valence-electron chi connectivity index (χ2n) is 5.94. The third kappa shape index (κ3) is 5.11. The van der Waals surface area contributed by atoms with Crippen LogP contribution in [0.25, 0.3) is 0 Å². The standard InChI is InChI=1S/C20H23N3O4/c1-4-26-20(25)17-13(2)18(22-14(17)3)19(24)23-15-8-7-9-16(12-15)27-11-6-5-10-21/h7-9,12,22H,4-6,11H2,1-3H3,(H,23,24). The van der Waals surface area contributed by atoms with Crippen LogP contribution in [-0.2, 0) is 4.74 Å². The molecular weight excluding hydrogens is 346 g/mol. The van der Waals surface area contributed by atoms with Crippen LogP contribution >= 0.6 is 0 Å². The quantitative estimate of drug-likeness (QED) is 0.545. The summed E-state index contributed by atoms with van der Waals surface area (Å²) in [6, 6.07) is 9.07. The molecule has 0 aliphatic heterocycles. The third-order valence-corrected chi connectivity index (χ3v) is 3.94. The van der Waals surface area contributed by atoms with Crippen molar-refractivity contribution in [1.82, 2.24) is 4.98 Å². The highest BCUT2D eigenvalue weighted by molar-refractivity contribution is 6.06. The summed E-state index contributed by atoms with van der Waals surface area (Å²) in [4.78, 5) is 27.6. The van der Waals surface area contributed by atoms with Crippen molar-refractivity contribution in [2.24, 2.45) is 0 Å². The molecule has 0 atom stereocenters. The number of anilines is 1. The monoisotopic (exact) mass is 369 g/mol. The van der Waals surface area contributed by atoms with Gasteiger partial charge in [0, 0.05) is 23.9 Å². The number of nitriles is 1. The van der Waals surface area contributed by atoms with E-state index in [1.165, 1.54) is 0 Å². The average Bonchev–Trinajstić information content (AvgIpc) is 2.94. The van der Waals surface area contributed by atoms with E-state index < -0.39 is 5.97 Å². The number of ether oxygens (including phenoxy) is 2. The van der Waals surface area contributed by atoms with Gasteiger partial charge in [-0.3, -0.25) is 4.79 Å². The number of carbonyl (C=O) groups excluding carboxylic acids is 2. The summed E-state index contributed by atoms with van der Waals surface area (Å²) in [5.41, 5.74) is 2.41. The van der Waals surface area contributed by atoms with Crippen molar-refractivity contribution < 1.29 is 19.1 Å². The maximum Gasteiger partial charge on any atom is 0.340 e. The average molecular weight is 369 g/mol. The minimum atomic E-state index is -0.449. The molecule has 7 nitrogen and oxygen atoms in total. The van der Waals surface area contributed by atoms with Gasteiger partial charge in [0.1, 0.15) is 11.4 Å². The number of aromatic nitrogens is 1. The molecule has 1 aromatic heterocycles. The van der Waals surface area contributed by atoms with E-state index in [1.54, 1.807) is 45.0 Å². The Hall–Kier alpha value is -3.27. The predicted molar refractivity (Wildman–Crippen MR) is 101 cm³/mol. The van der Waals surface area contributed by atoms with Gasteiger partial charge in [-0.25, -0.2) is 4.79 Å². The first-order valence-corrected chi connectivity index (χ1v) is 8.75. The summed E-state index contributed by atoms with van der Waals surface area (Å²) in [6.07, 6.45) is 1.08. The van der Waals surface area contributed by atoms with Crippen LogP contribution in [0.2, 0.25) is 0 Å². The second-order valence-corrected chi connectivity index (χ2v) is 5.94. The summed E-state index contributed by atoms with van der Waals surface area (Å²) in [5, 5.41) is 11.3. The Balaban J connectivity index is 2.10. The summed E-state index contributed by atoms with van der Waals surface area (Å²) in [5.74, 6) is -0.194. The van der Waals surface area contributed by atoms with Gasteiger partial charge in [-0.05, 0) is 44.9 Å². The fourth-order valence-electron chi connectivity index (χ4n) is 2.68. The van der Waals surface area contributed by atoms with Crippen LogP contribution in [0.1, 0.15) is 51.9 Å². The van der Waals surface area contributed by atoms with Crippen molar-refractivity contribution in [2.45, 2.75) is 33.6 Å². The maximum absolute atomic E-state index is 12.6. The molecule has 1 aromatic carbocycles. The van der Waals surface area contributed by atoms with E-state index in [1.807, 2.05) is 0 Å². The first-order valence-electron chi connectivity index (χ1n) is 8.75. The lowest BCUT2D eigenvalue weighted by molar-refractivity contribution is 0.0525. The van der Waals surface area contributed by atoms with Gasteiger partial charge in [0.25, 0.3) is 5.91 Å². The molecular formula is C20H23N3O4. The van der Waals surface area contributed by atoms with Gasteiger partial charge < -0.3 is 19.8 Å². The Labute approximate surface area is 158 Å². The van der Waals surface area contributed by atoms with E-state index >= 15 is 0 Å². The highest BCUT2D eigenvalue weighted by Crippen LogP contribution is 2.22. The number of carbonyl (C=O) groups is 2. The van der Waals surface area contributed by atoms with Crippen molar-refractivity contribution in [3.8, 4) is 11.8 Å². The molecule has 0 spiro atoms. The molecule has 0 aliphatic rings. The van der Waals surface area contributed by atoms with Crippen LogP contribution in [0.15, 0.2) is 24.3 Å². The number of hydrogen-bond acceptors (Lipinski definition) is 5. The third-order valence-electron chi connectivity index (χ3n) is 3.94. The van der Waals surface area contributed by atoms with Gasteiger partial charge in [-0.15, -0.1) is 0 Å². The zero-order chi connectivity index (χ0) is 19.8. The van der Waals surface area contributed by atoms with Gasteiger partial charge in [0.05, 0.1) is 24.8 Å². The van der Waals surface area contributed by atoms with Crippen molar-refractivity contribution in [3.63, 3.8) is 0 Å². The van der Waals surface area contributed by atoms with Crippen LogP contribution in [-0.4, -0.2) is 30.1 Å². The highest BCUT2D eigenvalue weighted by atomic mass is 16.5. The van der Waals surface area contributed by atoms with Crippen LogP contribution in [0.3, 0.4) is 0 Å². The molecule has 2 rings (SSSR count). The van der Waals surface area contributed by atoms with E-state index in [2.05, 4.69) is 16.4 Å². The number of nitrogens with zero attached hydrogens (tertiary/aromatic N) is 1. The number of aromatic amines is 1. The van der Waals surface area contributed by atoms with Gasteiger partial charge >= 0.3 is 5.97 Å². The summed E-state index contributed by atoms with van der Waals surface area (Å²) < 4.78 is 10.6. The lowest BCUT2D eigenvalue weighted by Crippen LogP contribution is -2.14. The molecule has 0 aliphatic carbocycles. The van der Waals surface area contributed by atoms with Crippen LogP contribution in [0.5, 0.6) is 5.75 Å². The van der Waals surface area contributed by atoms with Crippen molar-refractivity contribution in [2.75, 3.05) is 18.5 Å². The molecule has 0 unspecified atom stereocenters. The van der Waals surface area contributed by atoms with Crippen molar-refractivity contribution in [1.29, 1.82) is 5.26 Å². The zero-order valence-electron chi connectivity index (χ0n) is 15.7. The summed E-state index contributed by atoms with van der Waals surface area (Å²) in [6.45, 7) is 5.87. The van der Waals surface area contributed by atoms with Crippen LogP contribution in [0.4, 0.5) is 5.69 Å². The summed E-state index contributed by atoms with van der Waals surface area (Å²) in [7, 11) is 0. The van der Waals surface area contributed by atoms with Crippen LogP contribution < -0.4 is 10.1 Å². The first kappa shape index (κ1) is 20.0. The smallest absolute Gasteiger partial charge is 0.340 e. The number of benzene rings is 1. The van der Waals surface area contributed by atoms with Gasteiger partial charge in [-0.2, -0.15) is 5.26 Å². The highest BCUT2D eigenvalue weighted by Gasteiger charge is 2.22. The maximum atomic E-state index is 12.6. The SMILES string of the molecule is CCOC(=O)c1c(C)[nH]c(C(=O)Nc2cccc(OCCCC#N)c2)c1C. The molecule has 1 amide bonds. The lowest BCUT2D eigenvalue weighted by atomic mass is 10.1. The number of rotatable bonds is 8. The van der Waals surface area contributed by atoms with E-state index in [0.29, 0.717) is 53.4 Å². The topological polar surface area (TPSA) is 104 Å². The molecule has 1 heterocycles. The van der Waals surface area contributed by atoms with Gasteiger partial charge in [0.15, 0.2) is 0 Å². The number of esters is 1. The minimum absolute atomic E-state index is 0.269. The van der Waals surface area contributed by atoms with Crippen molar-refractivity contribution in [3.05, 3.63) is 46.8 Å². The largest absolute Gasteiger partial charge is 0.493 e. The Morgan fingerprint density at radius 3 is 2.78 bits per heavy atom. The number of H-pyrrole nitrogens is 1. The van der Waals surface area contributed by atoms with E-state index in [9.17, 15) is 9.59 Å². The molecule has 0 bridgehead atoms. The Bertz CT molecular complexity index is 865. The van der Waals surface area contributed by atoms with E-state index in [4.69, 9.17) is 14.7 Å². The normalized spacial score (nSPS) is 10.1. The Morgan fingerprint density at radius 1 is 1.30 bits per heavy atom. The molecule has 7 heteroatoms. The van der Waals surface area contributed by atoms with Gasteiger partial charge in [-0.1, -0.05) is 6.07 Å². The first-order chi connectivity index (χ1) is 13.0. The Morgan fingerprint density at radius 2 is 2.07 bits per heavy atom. The zero-order valence-corrected chi connectivity index (χ0v) is 15.7. The molecule has 2 aromatic rings. The number of amides is 1. The van der Waals surface area contributed by atoms with Gasteiger partial charge in [0.2, 0.25) is 0 Å².